The van der Waals surface area contributed by atoms with Crippen LogP contribution >= 0.6 is 11.8 Å². The highest BCUT2D eigenvalue weighted by Gasteiger charge is 2.28. The number of hydrogen-bond donors (Lipinski definition) is 4. The maximum absolute atomic E-state index is 11.8. The van der Waals surface area contributed by atoms with Crippen LogP contribution in [0, 0.1) is 0 Å². The lowest BCUT2D eigenvalue weighted by Crippen LogP contribution is -2.46. The summed E-state index contributed by atoms with van der Waals surface area (Å²) >= 11 is 2.05. The summed E-state index contributed by atoms with van der Waals surface area (Å²) < 4.78 is 0. The molecule has 1 aromatic heterocycles. The van der Waals surface area contributed by atoms with Crippen LogP contribution in [0.1, 0.15) is 49.2 Å². The smallest absolute Gasteiger partial charge is 0.252 e. The first-order chi connectivity index (χ1) is 15.0. The van der Waals surface area contributed by atoms with E-state index in [1.54, 1.807) is 12.1 Å². The molecule has 1 saturated heterocycles. The van der Waals surface area contributed by atoms with E-state index in [0.717, 1.165) is 31.1 Å². The zero-order chi connectivity index (χ0) is 23.1. The van der Waals surface area contributed by atoms with E-state index in [2.05, 4.69) is 58.6 Å². The van der Waals surface area contributed by atoms with Gasteiger partial charge in [-0.05, 0) is 39.2 Å². The summed E-state index contributed by atoms with van der Waals surface area (Å²) in [4.78, 5) is 29.6. The maximum atomic E-state index is 11.8. The zero-order valence-corrected chi connectivity index (χ0v) is 20.3. The normalized spacial score (nSPS) is 17.7. The van der Waals surface area contributed by atoms with Crippen molar-refractivity contribution in [3.63, 3.8) is 0 Å². The van der Waals surface area contributed by atoms with Crippen LogP contribution in [0.2, 0.25) is 0 Å². The highest BCUT2D eigenvalue weighted by molar-refractivity contribution is 7.99. The Morgan fingerprint density at radius 1 is 1.23 bits per heavy atom. The number of nitrogens with one attached hydrogen (secondary N) is 3. The lowest BCUT2D eigenvalue weighted by atomic mass is 10.1. The van der Waals surface area contributed by atoms with Gasteiger partial charge >= 0.3 is 0 Å². The van der Waals surface area contributed by atoms with Crippen LogP contribution in [0.3, 0.4) is 0 Å². The van der Waals surface area contributed by atoms with Gasteiger partial charge in [-0.1, -0.05) is 20.3 Å². The summed E-state index contributed by atoms with van der Waals surface area (Å²) in [7, 11) is 4.27. The van der Waals surface area contributed by atoms with E-state index in [1.165, 1.54) is 17.7 Å². The van der Waals surface area contributed by atoms with E-state index in [0.29, 0.717) is 37.7 Å². The van der Waals surface area contributed by atoms with Crippen LogP contribution in [0.4, 0.5) is 0 Å². The topological polar surface area (TPSA) is 112 Å². The number of aromatic nitrogens is 1. The highest BCUT2D eigenvalue weighted by atomic mass is 32.2. The average Bonchev–Trinajstić information content (AvgIpc) is 3.29. The van der Waals surface area contributed by atoms with Crippen molar-refractivity contribution < 1.29 is 9.59 Å². The molecular weight excluding hydrogens is 412 g/mol. The number of likely N-dealkylation sites (N-methyl/N-ethyl adjacent to an activating group) is 2. The van der Waals surface area contributed by atoms with E-state index in [1.807, 2.05) is 6.92 Å². The number of nitrogens with zero attached hydrogens (tertiary/aromatic N) is 2. The molecule has 8 nitrogen and oxygen atoms in total. The Labute approximate surface area is 191 Å². The van der Waals surface area contributed by atoms with Crippen molar-refractivity contribution in [2.45, 2.75) is 51.7 Å². The number of thioether (sulfide) groups is 1. The minimum atomic E-state index is -0.205. The van der Waals surface area contributed by atoms with Crippen LogP contribution in [0.5, 0.6) is 0 Å². The Hall–Kier alpha value is -1.68. The summed E-state index contributed by atoms with van der Waals surface area (Å²) in [5, 5.41) is 8.85. The molecule has 2 heterocycles. The molecule has 1 aliphatic rings. The predicted octanol–water partition coefficient (Wildman–Crippen LogP) is 1.22. The van der Waals surface area contributed by atoms with Crippen molar-refractivity contribution in [1.29, 1.82) is 0 Å². The van der Waals surface area contributed by atoms with Gasteiger partial charge in [0.25, 0.3) is 5.91 Å². The quantitative estimate of drug-likeness (QED) is 0.373. The number of pyridine rings is 1. The summed E-state index contributed by atoms with van der Waals surface area (Å²) in [5.74, 6) is 2.38. The molecule has 176 valence electrons. The molecule has 0 aromatic carbocycles. The van der Waals surface area contributed by atoms with Gasteiger partial charge in [-0.15, -0.1) is 0 Å². The van der Waals surface area contributed by atoms with Crippen molar-refractivity contribution >= 4 is 23.6 Å². The predicted molar refractivity (Wildman–Crippen MR) is 129 cm³/mol. The Bertz CT molecular complexity index is 643. The minimum Gasteiger partial charge on any atom is -0.354 e. The summed E-state index contributed by atoms with van der Waals surface area (Å²) in [6.07, 6.45) is 3.92. The van der Waals surface area contributed by atoms with Gasteiger partial charge in [-0.2, -0.15) is 11.8 Å². The lowest BCUT2D eigenvalue weighted by Gasteiger charge is -2.27. The minimum absolute atomic E-state index is 0.0232. The number of carbonyl (C=O) groups excluding carboxylic acids is 2. The molecule has 31 heavy (non-hydrogen) atoms. The molecule has 9 heteroatoms. The fraction of sp³-hybridized carbons (Fsp3) is 0.682. The molecule has 0 radical (unpaired) electrons. The number of hydrogen-bond acceptors (Lipinski definition) is 7. The SMILES string of the molecule is CCCCC(=O)NCCNC(=O)c1ccc(CN)nc1.CCN(C)C1CSCC1NC. The van der Waals surface area contributed by atoms with E-state index in [-0.39, 0.29) is 11.8 Å². The number of nitrogens with two attached hydrogens (primary N) is 1. The van der Waals surface area contributed by atoms with Gasteiger partial charge in [0.1, 0.15) is 0 Å². The summed E-state index contributed by atoms with van der Waals surface area (Å²) in [5.41, 5.74) is 6.66. The third kappa shape index (κ3) is 10.5. The molecule has 0 aliphatic carbocycles. The second-order valence-corrected chi connectivity index (χ2v) is 8.60. The van der Waals surface area contributed by atoms with E-state index >= 15 is 0 Å². The second-order valence-electron chi connectivity index (χ2n) is 7.52. The third-order valence-corrected chi connectivity index (χ3v) is 6.44. The summed E-state index contributed by atoms with van der Waals surface area (Å²) in [6.45, 7) is 6.60. The third-order valence-electron chi connectivity index (χ3n) is 5.27. The van der Waals surface area contributed by atoms with E-state index in [4.69, 9.17) is 5.73 Å². The average molecular weight is 453 g/mol. The Morgan fingerprint density at radius 3 is 2.55 bits per heavy atom. The first-order valence-corrected chi connectivity index (χ1v) is 12.3. The molecule has 2 rings (SSSR count). The van der Waals surface area contributed by atoms with Gasteiger partial charge < -0.3 is 26.6 Å². The van der Waals surface area contributed by atoms with E-state index in [9.17, 15) is 9.59 Å². The van der Waals surface area contributed by atoms with Crippen molar-refractivity contribution in [3.8, 4) is 0 Å². The Morgan fingerprint density at radius 2 is 1.97 bits per heavy atom. The van der Waals surface area contributed by atoms with Crippen molar-refractivity contribution in [2.75, 3.05) is 45.2 Å². The number of amides is 2. The molecule has 2 atom stereocenters. The molecular formula is C22H40N6O2S. The first-order valence-electron chi connectivity index (χ1n) is 11.1. The Kier molecular flexibility index (Phi) is 14.1. The number of unbranched alkanes of at least 4 members (excludes halogenated alkanes) is 1. The molecule has 1 aliphatic heterocycles. The van der Waals surface area contributed by atoms with Crippen LogP contribution in [0.15, 0.2) is 18.3 Å². The van der Waals surface area contributed by atoms with Gasteiger partial charge in [0.05, 0.1) is 11.3 Å². The van der Waals surface area contributed by atoms with Crippen LogP contribution in [-0.4, -0.2) is 79.0 Å². The first kappa shape index (κ1) is 27.4. The molecule has 2 unspecified atom stereocenters. The van der Waals surface area contributed by atoms with Crippen molar-refractivity contribution in [3.05, 3.63) is 29.6 Å². The number of rotatable bonds is 11. The molecule has 1 fully saturated rings. The molecule has 1 aromatic rings. The van der Waals surface area contributed by atoms with Crippen LogP contribution in [-0.2, 0) is 11.3 Å². The molecule has 0 saturated carbocycles. The molecule has 0 bridgehead atoms. The fourth-order valence-electron chi connectivity index (χ4n) is 3.07. The highest BCUT2D eigenvalue weighted by Crippen LogP contribution is 2.21. The largest absolute Gasteiger partial charge is 0.354 e. The standard InChI is InChI=1S/C14H22N4O2.C8H18N2S/c1-2-3-4-13(19)16-7-8-17-14(20)11-5-6-12(9-15)18-10-11;1-4-10(3)8-6-11-5-7(8)9-2/h5-6,10H,2-4,7-9,15H2,1H3,(H,16,19)(H,17,20);7-9H,4-6H2,1-3H3. The summed E-state index contributed by atoms with van der Waals surface area (Å²) in [6, 6.07) is 4.85. The van der Waals surface area contributed by atoms with Crippen molar-refractivity contribution in [1.82, 2.24) is 25.8 Å². The number of carbonyl (C=O) groups is 2. The van der Waals surface area contributed by atoms with Gasteiger partial charge in [-0.25, -0.2) is 0 Å². The van der Waals surface area contributed by atoms with E-state index < -0.39 is 0 Å². The van der Waals surface area contributed by atoms with Crippen molar-refractivity contribution in [2.24, 2.45) is 5.73 Å². The fourth-order valence-corrected chi connectivity index (χ4v) is 4.58. The van der Waals surface area contributed by atoms with Gasteiger partial charge in [0.15, 0.2) is 0 Å². The van der Waals surface area contributed by atoms with Crippen LogP contribution in [0.25, 0.3) is 0 Å². The molecule has 5 N–H and O–H groups in total. The zero-order valence-electron chi connectivity index (χ0n) is 19.4. The Balaban J connectivity index is 0.000000367. The monoisotopic (exact) mass is 452 g/mol. The molecule has 0 spiro atoms. The van der Waals surface area contributed by atoms with Gasteiger partial charge in [0.2, 0.25) is 5.91 Å². The van der Waals surface area contributed by atoms with Gasteiger partial charge in [-0.3, -0.25) is 14.6 Å². The van der Waals surface area contributed by atoms with Crippen LogP contribution < -0.4 is 21.7 Å². The second kappa shape index (κ2) is 16.0. The van der Waals surface area contributed by atoms with Gasteiger partial charge in [0, 0.05) is 55.8 Å². The molecule has 2 amide bonds. The maximum Gasteiger partial charge on any atom is 0.252 e. The lowest BCUT2D eigenvalue weighted by molar-refractivity contribution is -0.121.